The van der Waals surface area contributed by atoms with E-state index in [9.17, 15) is 19.2 Å². The third kappa shape index (κ3) is 7.71. The summed E-state index contributed by atoms with van der Waals surface area (Å²) < 4.78 is 5.32. The molecule has 0 saturated heterocycles. The van der Waals surface area contributed by atoms with Crippen LogP contribution in [0.1, 0.15) is 33.4 Å². The molecule has 1 unspecified atom stereocenters. The van der Waals surface area contributed by atoms with Gasteiger partial charge in [-0.1, -0.05) is 30.3 Å². The van der Waals surface area contributed by atoms with E-state index in [-0.39, 0.29) is 17.2 Å². The molecule has 4 rings (SSSR count). The number of thioether (sulfide) groups is 1. The van der Waals surface area contributed by atoms with Crippen LogP contribution in [0.4, 0.5) is 11.4 Å². The van der Waals surface area contributed by atoms with Gasteiger partial charge in [-0.05, 0) is 67.6 Å². The van der Waals surface area contributed by atoms with Crippen molar-refractivity contribution in [2.45, 2.75) is 17.1 Å². The first-order chi connectivity index (χ1) is 19.3. The Morgan fingerprint density at radius 1 is 0.825 bits per heavy atom. The summed E-state index contributed by atoms with van der Waals surface area (Å²) in [6, 6.07) is 24.8. The van der Waals surface area contributed by atoms with Crippen molar-refractivity contribution < 1.29 is 28.7 Å². The first-order valence-electron chi connectivity index (χ1n) is 12.1. The number of carboxylic acid groups (broad SMARTS) is 1. The van der Waals surface area contributed by atoms with Crippen LogP contribution in [-0.4, -0.2) is 34.0 Å². The number of hydrogen-bond acceptors (Lipinski definition) is 6. The number of amides is 3. The van der Waals surface area contributed by atoms with Crippen molar-refractivity contribution in [1.82, 2.24) is 5.32 Å². The average molecular weight is 556 g/mol. The number of carbonyl (C=O) groups is 4. The maximum Gasteiger partial charge on any atom is 0.335 e. The second-order valence-corrected chi connectivity index (χ2v) is 9.93. The number of benzene rings is 3. The zero-order valence-corrected chi connectivity index (χ0v) is 22.1. The molecule has 1 aromatic heterocycles. The summed E-state index contributed by atoms with van der Waals surface area (Å²) in [5, 5.41) is 16.8. The van der Waals surface area contributed by atoms with Gasteiger partial charge in [0, 0.05) is 27.9 Å². The van der Waals surface area contributed by atoms with Gasteiger partial charge >= 0.3 is 5.97 Å². The van der Waals surface area contributed by atoms with Crippen LogP contribution in [0, 0.1) is 0 Å². The van der Waals surface area contributed by atoms with Crippen LogP contribution < -0.4 is 16.0 Å². The number of carbonyl (C=O) groups excluding carboxylic acids is 3. The molecule has 0 saturated carbocycles. The number of rotatable bonds is 10. The summed E-state index contributed by atoms with van der Waals surface area (Å²) in [4.78, 5) is 50.5. The highest BCUT2D eigenvalue weighted by atomic mass is 32.2. The van der Waals surface area contributed by atoms with Crippen LogP contribution in [0.5, 0.6) is 0 Å². The zero-order chi connectivity index (χ0) is 28.5. The second-order valence-electron chi connectivity index (χ2n) is 8.51. The van der Waals surface area contributed by atoms with Gasteiger partial charge in [0.25, 0.3) is 11.8 Å². The van der Waals surface area contributed by atoms with Gasteiger partial charge < -0.3 is 25.5 Å². The number of aromatic carboxylic acids is 1. The number of hydrogen-bond donors (Lipinski definition) is 4. The molecule has 0 radical (unpaired) electrons. The Balaban J connectivity index is 1.43. The van der Waals surface area contributed by atoms with Crippen molar-refractivity contribution in [1.29, 1.82) is 0 Å². The van der Waals surface area contributed by atoms with E-state index < -0.39 is 23.0 Å². The molecule has 1 heterocycles. The van der Waals surface area contributed by atoms with E-state index in [1.54, 1.807) is 85.8 Å². The number of carboxylic acids is 1. The summed E-state index contributed by atoms with van der Waals surface area (Å²) in [7, 11) is 0. The van der Waals surface area contributed by atoms with E-state index in [0.29, 0.717) is 27.6 Å². The molecule has 40 heavy (non-hydrogen) atoms. The fourth-order valence-electron chi connectivity index (χ4n) is 3.54. The fourth-order valence-corrected chi connectivity index (χ4v) is 4.46. The molecule has 3 amide bonds. The van der Waals surface area contributed by atoms with Gasteiger partial charge in [0.2, 0.25) is 5.91 Å². The average Bonchev–Trinajstić information content (AvgIpc) is 3.46. The van der Waals surface area contributed by atoms with Gasteiger partial charge in [0.15, 0.2) is 0 Å². The first-order valence-corrected chi connectivity index (χ1v) is 13.0. The molecule has 0 aliphatic carbocycles. The number of anilines is 2. The van der Waals surface area contributed by atoms with Crippen molar-refractivity contribution >= 4 is 52.9 Å². The fraction of sp³-hybridized carbons (Fsp3) is 0.0667. The topological polar surface area (TPSA) is 138 Å². The number of furan rings is 1. The number of nitrogens with one attached hydrogen (secondary N) is 3. The van der Waals surface area contributed by atoms with Crippen LogP contribution in [-0.2, 0) is 9.59 Å². The van der Waals surface area contributed by atoms with Crippen LogP contribution in [0.3, 0.4) is 0 Å². The lowest BCUT2D eigenvalue weighted by molar-refractivity contribution is -0.115. The van der Waals surface area contributed by atoms with E-state index >= 15 is 0 Å². The Hall–Kier alpha value is -5.09. The predicted octanol–water partition coefficient (Wildman–Crippen LogP) is 5.51. The van der Waals surface area contributed by atoms with Crippen molar-refractivity contribution in [2.24, 2.45) is 0 Å². The van der Waals surface area contributed by atoms with E-state index in [1.165, 1.54) is 36.2 Å². The molecule has 10 heteroatoms. The van der Waals surface area contributed by atoms with Crippen molar-refractivity contribution in [3.63, 3.8) is 0 Å². The predicted molar refractivity (Wildman–Crippen MR) is 153 cm³/mol. The minimum absolute atomic E-state index is 0.0156. The Kier molecular flexibility index (Phi) is 9.16. The normalized spacial score (nSPS) is 11.8. The third-order valence-corrected chi connectivity index (χ3v) is 6.60. The van der Waals surface area contributed by atoms with Crippen LogP contribution >= 0.6 is 11.8 Å². The summed E-state index contributed by atoms with van der Waals surface area (Å²) in [6.07, 6.45) is 2.89. The minimum Gasteiger partial charge on any atom is -0.478 e. The zero-order valence-electron chi connectivity index (χ0n) is 21.3. The summed E-state index contributed by atoms with van der Waals surface area (Å²) in [5.41, 5.74) is 1.28. The van der Waals surface area contributed by atoms with Crippen LogP contribution in [0.2, 0.25) is 0 Å². The van der Waals surface area contributed by atoms with Crippen LogP contribution in [0.15, 0.2) is 112 Å². The van der Waals surface area contributed by atoms with Gasteiger partial charge in [-0.15, -0.1) is 11.8 Å². The smallest absolute Gasteiger partial charge is 0.335 e. The van der Waals surface area contributed by atoms with Gasteiger partial charge in [-0.3, -0.25) is 14.4 Å². The van der Waals surface area contributed by atoms with E-state index in [0.717, 1.165) is 0 Å². The lowest BCUT2D eigenvalue weighted by Gasteiger charge is -2.14. The molecular formula is C30H25N3O6S. The van der Waals surface area contributed by atoms with Gasteiger partial charge in [0.1, 0.15) is 11.5 Å². The largest absolute Gasteiger partial charge is 0.478 e. The van der Waals surface area contributed by atoms with E-state index in [4.69, 9.17) is 9.52 Å². The quantitative estimate of drug-likeness (QED) is 0.150. The Morgan fingerprint density at radius 3 is 2.23 bits per heavy atom. The van der Waals surface area contributed by atoms with Gasteiger partial charge in [0.05, 0.1) is 17.1 Å². The van der Waals surface area contributed by atoms with E-state index in [2.05, 4.69) is 16.0 Å². The molecule has 1 atom stereocenters. The second kappa shape index (κ2) is 13.1. The van der Waals surface area contributed by atoms with Gasteiger partial charge in [-0.2, -0.15) is 0 Å². The third-order valence-electron chi connectivity index (χ3n) is 5.51. The Bertz CT molecular complexity index is 1550. The maximum atomic E-state index is 13.2. The van der Waals surface area contributed by atoms with Crippen LogP contribution in [0.25, 0.3) is 6.08 Å². The molecule has 3 aromatic carbocycles. The molecular weight excluding hydrogens is 530 g/mol. The Morgan fingerprint density at radius 2 is 1.52 bits per heavy atom. The lowest BCUT2D eigenvalue weighted by atomic mass is 10.2. The maximum absolute atomic E-state index is 13.2. The molecule has 0 aliphatic rings. The highest BCUT2D eigenvalue weighted by Crippen LogP contribution is 2.27. The highest BCUT2D eigenvalue weighted by molar-refractivity contribution is 8.00. The lowest BCUT2D eigenvalue weighted by Crippen LogP contribution is -2.30. The summed E-state index contributed by atoms with van der Waals surface area (Å²) in [5.74, 6) is -2.02. The highest BCUT2D eigenvalue weighted by Gasteiger charge is 2.18. The standard InChI is InChI=1S/C30H25N3O6S/c1-19(27(34)31-22-11-5-10-21(16-22)30(37)38)40-25-14-6-12-23(17-25)32-29(36)26(18-24-13-7-15-39-24)33-28(35)20-8-3-2-4-9-20/h2-19H,1H3,(H,31,34)(H,32,36)(H,33,35)(H,37,38)/b26-18-. The molecule has 9 nitrogen and oxygen atoms in total. The molecule has 0 fully saturated rings. The van der Waals surface area contributed by atoms with Crippen molar-refractivity contribution in [2.75, 3.05) is 10.6 Å². The molecule has 0 spiro atoms. The molecule has 0 bridgehead atoms. The Labute approximate surface area is 234 Å². The van der Waals surface area contributed by atoms with E-state index in [1.807, 2.05) is 0 Å². The molecule has 4 N–H and O–H groups in total. The minimum atomic E-state index is -1.08. The first kappa shape index (κ1) is 27.9. The van der Waals surface area contributed by atoms with Crippen molar-refractivity contribution in [3.8, 4) is 0 Å². The van der Waals surface area contributed by atoms with Crippen molar-refractivity contribution in [3.05, 3.63) is 120 Å². The molecule has 202 valence electrons. The molecule has 4 aromatic rings. The van der Waals surface area contributed by atoms with Gasteiger partial charge in [-0.25, -0.2) is 4.79 Å². The monoisotopic (exact) mass is 555 g/mol. The summed E-state index contributed by atoms with van der Waals surface area (Å²) >= 11 is 1.26. The summed E-state index contributed by atoms with van der Waals surface area (Å²) in [6.45, 7) is 1.72. The molecule has 0 aliphatic heterocycles. The SMILES string of the molecule is CC(Sc1cccc(NC(=O)/C(=C/c2ccco2)NC(=O)c2ccccc2)c1)C(=O)Nc1cccc(C(=O)O)c1.